The molecule has 0 N–H and O–H groups in total. The van der Waals surface area contributed by atoms with E-state index in [0.717, 1.165) is 96.3 Å². The van der Waals surface area contributed by atoms with Crippen LogP contribution in [0.5, 0.6) is 0 Å². The molecule has 0 spiro atoms. The molecule has 0 aromatic heterocycles. The fourth-order valence-corrected chi connectivity index (χ4v) is 5.44. The van der Waals surface area contributed by atoms with Gasteiger partial charge in [-0.3, -0.25) is 14.4 Å². The van der Waals surface area contributed by atoms with Gasteiger partial charge in [0.25, 0.3) is 0 Å². The van der Waals surface area contributed by atoms with Gasteiger partial charge in [0.2, 0.25) is 0 Å². The Kier molecular flexibility index (Phi) is 39.7. The number of hydrogen-bond donors (Lipinski definition) is 0. The largest absolute Gasteiger partial charge is 0.462 e. The zero-order valence-electron chi connectivity index (χ0n) is 34.7. The van der Waals surface area contributed by atoms with Gasteiger partial charge in [-0.15, -0.1) is 0 Å². The Bertz CT molecular complexity index is 1090. The van der Waals surface area contributed by atoms with E-state index in [9.17, 15) is 14.4 Å². The van der Waals surface area contributed by atoms with Crippen LogP contribution in [0.3, 0.4) is 0 Å². The zero-order chi connectivity index (χ0) is 39.4. The van der Waals surface area contributed by atoms with Crippen molar-refractivity contribution in [2.75, 3.05) is 13.2 Å². The molecule has 0 fully saturated rings. The molecule has 0 bridgehead atoms. The zero-order valence-corrected chi connectivity index (χ0v) is 34.7. The topological polar surface area (TPSA) is 78.9 Å². The van der Waals surface area contributed by atoms with Crippen LogP contribution in [0.1, 0.15) is 181 Å². The Morgan fingerprint density at radius 3 is 1.41 bits per heavy atom. The van der Waals surface area contributed by atoms with E-state index in [0.29, 0.717) is 19.3 Å². The SMILES string of the molecule is CC\C=C/C=C\C=C/CCCCCCCCCC(=O)OCC(COC(=O)CCCCCC/C=C\CCCC)OC(=O)CCC/C=C\C/C=C\C/C=C\CC. The molecule has 0 aliphatic carbocycles. The standard InChI is InChI=1S/C48H78O6/c1-4-7-10-13-16-19-22-23-24-25-27-29-32-35-38-41-47(50)53-44-45(43-52-46(49)40-37-34-31-28-21-18-15-12-9-6-3)54-48(51)42-39-36-33-30-26-20-17-14-11-8-5-2/h7-8,10-11,13,15-20,22,30,33,45H,4-6,9,12,14,21,23-29,31-32,34-44H2,1-3H3/b10-7-,11-8-,16-13-,18-15-,20-17-,22-19-,33-30-. The molecule has 54 heavy (non-hydrogen) atoms. The highest BCUT2D eigenvalue weighted by Gasteiger charge is 2.19. The summed E-state index contributed by atoms with van der Waals surface area (Å²) in [4.78, 5) is 37.6. The molecule has 6 heteroatoms. The summed E-state index contributed by atoms with van der Waals surface area (Å²) in [5.41, 5.74) is 0. The van der Waals surface area contributed by atoms with Crippen LogP contribution >= 0.6 is 0 Å². The lowest BCUT2D eigenvalue weighted by Gasteiger charge is -2.18. The molecule has 0 aromatic rings. The molecule has 6 nitrogen and oxygen atoms in total. The normalized spacial score (nSPS) is 12.9. The van der Waals surface area contributed by atoms with Crippen LogP contribution < -0.4 is 0 Å². The monoisotopic (exact) mass is 751 g/mol. The number of hydrogen-bond acceptors (Lipinski definition) is 6. The van der Waals surface area contributed by atoms with Crippen molar-refractivity contribution in [1.29, 1.82) is 0 Å². The van der Waals surface area contributed by atoms with Gasteiger partial charge in [0.05, 0.1) is 0 Å². The second-order valence-electron chi connectivity index (χ2n) is 13.9. The summed E-state index contributed by atoms with van der Waals surface area (Å²) in [6, 6.07) is 0. The summed E-state index contributed by atoms with van der Waals surface area (Å²) in [7, 11) is 0. The number of carbonyl (C=O) groups is 3. The minimum atomic E-state index is -0.809. The van der Waals surface area contributed by atoms with Crippen molar-refractivity contribution < 1.29 is 28.6 Å². The van der Waals surface area contributed by atoms with Crippen molar-refractivity contribution in [3.8, 4) is 0 Å². The van der Waals surface area contributed by atoms with Crippen molar-refractivity contribution in [1.82, 2.24) is 0 Å². The molecule has 0 aromatic carbocycles. The Balaban J connectivity index is 4.47. The van der Waals surface area contributed by atoms with Crippen LogP contribution in [0.4, 0.5) is 0 Å². The lowest BCUT2D eigenvalue weighted by molar-refractivity contribution is -0.167. The maximum atomic E-state index is 12.6. The molecule has 0 saturated carbocycles. The highest BCUT2D eigenvalue weighted by Crippen LogP contribution is 2.12. The van der Waals surface area contributed by atoms with E-state index < -0.39 is 6.10 Å². The smallest absolute Gasteiger partial charge is 0.306 e. The van der Waals surface area contributed by atoms with E-state index >= 15 is 0 Å². The first-order valence-electron chi connectivity index (χ1n) is 21.6. The molecular weight excluding hydrogens is 673 g/mol. The van der Waals surface area contributed by atoms with Crippen LogP contribution in [0.25, 0.3) is 0 Å². The molecule has 306 valence electrons. The second-order valence-corrected chi connectivity index (χ2v) is 13.9. The van der Waals surface area contributed by atoms with Gasteiger partial charge < -0.3 is 14.2 Å². The average Bonchev–Trinajstić information content (AvgIpc) is 3.17. The maximum absolute atomic E-state index is 12.6. The van der Waals surface area contributed by atoms with Crippen LogP contribution in [0, 0.1) is 0 Å². The van der Waals surface area contributed by atoms with Crippen LogP contribution in [-0.4, -0.2) is 37.2 Å². The van der Waals surface area contributed by atoms with Crippen molar-refractivity contribution in [3.63, 3.8) is 0 Å². The predicted molar refractivity (Wildman–Crippen MR) is 228 cm³/mol. The van der Waals surface area contributed by atoms with Gasteiger partial charge in [-0.1, -0.05) is 164 Å². The van der Waals surface area contributed by atoms with Gasteiger partial charge in [0.15, 0.2) is 6.10 Å². The number of allylic oxidation sites excluding steroid dienone is 14. The Morgan fingerprint density at radius 2 is 0.833 bits per heavy atom. The summed E-state index contributed by atoms with van der Waals surface area (Å²) in [5.74, 6) is -1.000. The first-order valence-corrected chi connectivity index (χ1v) is 21.6. The molecule has 0 saturated heterocycles. The van der Waals surface area contributed by atoms with Gasteiger partial charge in [-0.25, -0.2) is 0 Å². The second kappa shape index (κ2) is 42.3. The predicted octanol–water partition coefficient (Wildman–Crippen LogP) is 13.7. The van der Waals surface area contributed by atoms with Gasteiger partial charge in [-0.05, 0) is 83.5 Å². The highest BCUT2D eigenvalue weighted by molar-refractivity contribution is 5.71. The lowest BCUT2D eigenvalue weighted by Crippen LogP contribution is -2.30. The summed E-state index contributed by atoms with van der Waals surface area (Å²) in [6.07, 6.45) is 52.9. The summed E-state index contributed by atoms with van der Waals surface area (Å²) >= 11 is 0. The molecule has 1 atom stereocenters. The van der Waals surface area contributed by atoms with Gasteiger partial charge in [-0.2, -0.15) is 0 Å². The van der Waals surface area contributed by atoms with Crippen molar-refractivity contribution in [3.05, 3.63) is 85.1 Å². The molecule has 0 heterocycles. The van der Waals surface area contributed by atoms with E-state index in [2.05, 4.69) is 106 Å². The first-order chi connectivity index (χ1) is 26.5. The van der Waals surface area contributed by atoms with Gasteiger partial charge in [0, 0.05) is 19.3 Å². The number of esters is 3. The fourth-order valence-electron chi connectivity index (χ4n) is 5.44. The highest BCUT2D eigenvalue weighted by atomic mass is 16.6. The van der Waals surface area contributed by atoms with Crippen LogP contribution in [0.15, 0.2) is 85.1 Å². The van der Waals surface area contributed by atoms with Crippen molar-refractivity contribution in [2.24, 2.45) is 0 Å². The van der Waals surface area contributed by atoms with Gasteiger partial charge in [0.1, 0.15) is 13.2 Å². The third kappa shape index (κ3) is 39.8. The third-order valence-corrected chi connectivity index (χ3v) is 8.68. The Hall–Kier alpha value is -3.41. The van der Waals surface area contributed by atoms with E-state index in [4.69, 9.17) is 14.2 Å². The molecule has 0 rings (SSSR count). The quantitative estimate of drug-likeness (QED) is 0.0207. The third-order valence-electron chi connectivity index (χ3n) is 8.68. The molecule has 0 aliphatic heterocycles. The van der Waals surface area contributed by atoms with E-state index in [1.165, 1.54) is 38.5 Å². The van der Waals surface area contributed by atoms with Crippen LogP contribution in [0.2, 0.25) is 0 Å². The molecular formula is C48H78O6. The molecule has 0 aliphatic rings. The summed E-state index contributed by atoms with van der Waals surface area (Å²) in [5, 5.41) is 0. The Labute approximate surface area is 331 Å². The maximum Gasteiger partial charge on any atom is 0.306 e. The number of unbranched alkanes of at least 4 members (excludes halogenated alkanes) is 14. The lowest BCUT2D eigenvalue weighted by atomic mass is 10.1. The number of ether oxygens (including phenoxy) is 3. The molecule has 0 amide bonds. The Morgan fingerprint density at radius 1 is 0.407 bits per heavy atom. The summed E-state index contributed by atoms with van der Waals surface area (Å²) < 4.78 is 16.6. The minimum Gasteiger partial charge on any atom is -0.462 e. The van der Waals surface area contributed by atoms with Gasteiger partial charge >= 0.3 is 17.9 Å². The van der Waals surface area contributed by atoms with Crippen LogP contribution in [-0.2, 0) is 28.6 Å². The van der Waals surface area contributed by atoms with Crippen molar-refractivity contribution in [2.45, 2.75) is 187 Å². The minimum absolute atomic E-state index is 0.108. The molecule has 0 radical (unpaired) electrons. The summed E-state index contributed by atoms with van der Waals surface area (Å²) in [6.45, 7) is 6.24. The fraction of sp³-hybridized carbons (Fsp3) is 0.646. The van der Waals surface area contributed by atoms with E-state index in [1.807, 2.05) is 0 Å². The van der Waals surface area contributed by atoms with E-state index in [-0.39, 0.29) is 37.5 Å². The average molecular weight is 751 g/mol. The van der Waals surface area contributed by atoms with Crippen molar-refractivity contribution >= 4 is 17.9 Å². The first kappa shape index (κ1) is 50.6. The molecule has 1 unspecified atom stereocenters. The number of rotatable bonds is 37. The van der Waals surface area contributed by atoms with E-state index in [1.54, 1.807) is 0 Å². The number of carbonyl (C=O) groups excluding carboxylic acids is 3.